The Kier molecular flexibility index (Phi) is 6.89. The van der Waals surface area contributed by atoms with Crippen LogP contribution in [0.4, 0.5) is 24.5 Å². The van der Waals surface area contributed by atoms with Gasteiger partial charge in [-0.1, -0.05) is 6.92 Å². The summed E-state index contributed by atoms with van der Waals surface area (Å²) in [4.78, 5) is 32.0. The van der Waals surface area contributed by atoms with E-state index in [0.29, 0.717) is 29.7 Å². The molecule has 0 saturated carbocycles. The molecule has 0 aliphatic carbocycles. The van der Waals surface area contributed by atoms with E-state index >= 15 is 4.39 Å². The van der Waals surface area contributed by atoms with Gasteiger partial charge in [-0.3, -0.25) is 14.5 Å². The van der Waals surface area contributed by atoms with Gasteiger partial charge in [-0.2, -0.15) is 0 Å². The maximum Gasteiger partial charge on any atom is 0.272 e. The van der Waals surface area contributed by atoms with Gasteiger partial charge in [0, 0.05) is 18.7 Å². The van der Waals surface area contributed by atoms with E-state index in [1.165, 1.54) is 23.2 Å². The second-order valence-electron chi connectivity index (χ2n) is 10.7. The maximum atomic E-state index is 15.4. The number of benzene rings is 1. The molecule has 4 rings (SSSR count). The number of aryl methyl sites for hydroxylation is 1. The lowest BCUT2D eigenvalue weighted by atomic mass is 9.78. The minimum Gasteiger partial charge on any atom is -0.472 e. The maximum absolute atomic E-state index is 15.4. The number of sulfone groups is 1. The van der Waals surface area contributed by atoms with Crippen molar-refractivity contribution in [2.24, 2.45) is 5.41 Å². The first-order valence-corrected chi connectivity index (χ1v) is 13.8. The quantitative estimate of drug-likeness (QED) is 0.465. The van der Waals surface area contributed by atoms with Crippen LogP contribution in [0, 0.1) is 18.2 Å². The number of ether oxygens (including phenoxy) is 1. The molecule has 0 bridgehead atoms. The van der Waals surface area contributed by atoms with Crippen molar-refractivity contribution in [1.29, 1.82) is 0 Å². The molecule has 3 heterocycles. The molecule has 0 radical (unpaired) electrons. The van der Waals surface area contributed by atoms with Crippen LogP contribution in [0.2, 0.25) is 0 Å². The van der Waals surface area contributed by atoms with Gasteiger partial charge in [-0.15, -0.1) is 0 Å². The molecule has 1 saturated heterocycles. The van der Waals surface area contributed by atoms with Crippen molar-refractivity contribution in [3.63, 3.8) is 0 Å². The van der Waals surface area contributed by atoms with Crippen LogP contribution >= 0.6 is 0 Å². The summed E-state index contributed by atoms with van der Waals surface area (Å²) in [6.45, 7) is 5.98. The van der Waals surface area contributed by atoms with Crippen molar-refractivity contribution >= 4 is 32.9 Å². The highest BCUT2D eigenvalue weighted by molar-refractivity contribution is 7.91. The number of carbonyl (C=O) groups is 2. The predicted octanol–water partition coefficient (Wildman–Crippen LogP) is 4.92. The first kappa shape index (κ1) is 27.1. The fraction of sp³-hybridized carbons (Fsp3) is 0.500. The summed E-state index contributed by atoms with van der Waals surface area (Å²) in [5.74, 6) is -1.75. The highest BCUT2D eigenvalue weighted by Gasteiger charge is 2.46. The molecule has 37 heavy (non-hydrogen) atoms. The Balaban J connectivity index is 1.69. The zero-order chi connectivity index (χ0) is 27.3. The molecule has 7 nitrogen and oxygen atoms in total. The third-order valence-electron chi connectivity index (χ3n) is 7.31. The number of amides is 1. The molecule has 0 unspecified atom stereocenters. The van der Waals surface area contributed by atoms with E-state index in [0.717, 1.165) is 6.07 Å². The van der Waals surface area contributed by atoms with Crippen LogP contribution < -0.4 is 9.64 Å². The fourth-order valence-corrected chi connectivity index (χ4v) is 6.67. The number of carbonyl (C=O) groups excluding carboxylic acids is 2. The Hall–Kier alpha value is -2.95. The van der Waals surface area contributed by atoms with Crippen LogP contribution in [0.15, 0.2) is 24.4 Å². The molecule has 11 heteroatoms. The molecule has 200 valence electrons. The van der Waals surface area contributed by atoms with Crippen molar-refractivity contribution in [3.05, 3.63) is 46.9 Å². The van der Waals surface area contributed by atoms with Gasteiger partial charge in [0.2, 0.25) is 11.8 Å². The van der Waals surface area contributed by atoms with Crippen molar-refractivity contribution < 1.29 is 35.9 Å². The number of hydrogen-bond donors (Lipinski definition) is 0. The summed E-state index contributed by atoms with van der Waals surface area (Å²) >= 11 is 0. The van der Waals surface area contributed by atoms with Crippen LogP contribution in [-0.2, 0) is 20.0 Å². The highest BCUT2D eigenvalue weighted by atomic mass is 32.2. The number of Topliss-reactive ketones (excluding diaryl/α,β-unsaturated/α-hetero) is 1. The second kappa shape index (κ2) is 9.41. The Bertz CT molecular complexity index is 1360. The van der Waals surface area contributed by atoms with Crippen LogP contribution in [0.25, 0.3) is 0 Å². The molecular weight excluding hydrogens is 509 g/mol. The van der Waals surface area contributed by atoms with Crippen LogP contribution in [0.1, 0.15) is 61.5 Å². The van der Waals surface area contributed by atoms with Gasteiger partial charge < -0.3 is 4.74 Å². The standard InChI is InChI=1S/C26H29F3N2O5S/c1-15-13-30-23(36-14-22(28)29)11-19(15)31-20-10-18(27)16(9-17(20)25(2,3)24(31)33)21(32)12-26(4)5-7-37(34,35)8-6-26/h9-11,13,22H,5-8,12,14H2,1-4H3. The van der Waals surface area contributed by atoms with E-state index in [2.05, 4.69) is 4.98 Å². The monoisotopic (exact) mass is 538 g/mol. The summed E-state index contributed by atoms with van der Waals surface area (Å²) < 4.78 is 69.2. The second-order valence-corrected chi connectivity index (χ2v) is 13.0. The number of anilines is 2. The first-order valence-electron chi connectivity index (χ1n) is 11.9. The average molecular weight is 539 g/mol. The predicted molar refractivity (Wildman–Crippen MR) is 132 cm³/mol. The van der Waals surface area contributed by atoms with Gasteiger partial charge in [-0.05, 0) is 62.3 Å². The largest absolute Gasteiger partial charge is 0.472 e. The first-order chi connectivity index (χ1) is 17.1. The van der Waals surface area contributed by atoms with E-state index in [1.54, 1.807) is 20.8 Å². The number of hydrogen-bond acceptors (Lipinski definition) is 6. The minimum atomic E-state index is -3.12. The molecule has 0 N–H and O–H groups in total. The van der Waals surface area contributed by atoms with Crippen LogP contribution in [-0.4, -0.2) is 49.6 Å². The molecular formula is C26H29F3N2O5S. The van der Waals surface area contributed by atoms with Crippen molar-refractivity contribution in [2.75, 3.05) is 23.0 Å². The number of halogens is 3. The topological polar surface area (TPSA) is 93.6 Å². The summed E-state index contributed by atoms with van der Waals surface area (Å²) in [6, 6.07) is 3.90. The molecule has 2 aliphatic rings. The van der Waals surface area contributed by atoms with Crippen molar-refractivity contribution in [3.8, 4) is 5.88 Å². The Morgan fingerprint density at radius 1 is 1.14 bits per heavy atom. The van der Waals surface area contributed by atoms with Gasteiger partial charge in [0.1, 0.15) is 15.7 Å². The van der Waals surface area contributed by atoms with E-state index in [4.69, 9.17) is 4.74 Å². The molecule has 1 aromatic heterocycles. The SMILES string of the molecule is Cc1cnc(OCC(F)F)cc1N1C(=O)C(C)(C)c2cc(C(=O)CC3(C)CCS(=O)(=O)CC3)c(F)cc21. The molecule has 2 aliphatic heterocycles. The van der Waals surface area contributed by atoms with Gasteiger partial charge >= 0.3 is 0 Å². The molecule has 2 aromatic rings. The molecule has 1 aromatic carbocycles. The van der Waals surface area contributed by atoms with E-state index in [-0.39, 0.29) is 41.0 Å². The van der Waals surface area contributed by atoms with E-state index in [9.17, 15) is 26.8 Å². The normalized spacial score (nSPS) is 19.7. The molecule has 0 atom stereocenters. The summed E-state index contributed by atoms with van der Waals surface area (Å²) in [5.41, 5.74) is -0.275. The van der Waals surface area contributed by atoms with Gasteiger partial charge in [0.05, 0.1) is 33.9 Å². The lowest BCUT2D eigenvalue weighted by Gasteiger charge is -2.32. The number of ketones is 1. The number of pyridine rings is 1. The van der Waals surface area contributed by atoms with Crippen molar-refractivity contribution in [2.45, 2.75) is 58.8 Å². The highest BCUT2D eigenvalue weighted by Crippen LogP contribution is 2.48. The van der Waals surface area contributed by atoms with E-state index in [1.807, 2.05) is 6.92 Å². The Labute approximate surface area is 213 Å². The molecule has 0 spiro atoms. The lowest BCUT2D eigenvalue weighted by molar-refractivity contribution is -0.121. The summed E-state index contributed by atoms with van der Waals surface area (Å²) in [6.07, 6.45) is -0.686. The Morgan fingerprint density at radius 3 is 2.41 bits per heavy atom. The van der Waals surface area contributed by atoms with Gasteiger partial charge in [0.15, 0.2) is 12.4 Å². The number of rotatable bonds is 7. The lowest BCUT2D eigenvalue weighted by Crippen LogP contribution is -2.33. The number of nitrogens with zero attached hydrogens (tertiary/aromatic N) is 2. The van der Waals surface area contributed by atoms with Gasteiger partial charge in [0.25, 0.3) is 6.43 Å². The summed E-state index contributed by atoms with van der Waals surface area (Å²) in [5, 5.41) is 0. The van der Waals surface area contributed by atoms with Crippen LogP contribution in [0.5, 0.6) is 5.88 Å². The minimum absolute atomic E-state index is 0.00571. The number of aromatic nitrogens is 1. The molecule has 1 amide bonds. The van der Waals surface area contributed by atoms with Gasteiger partial charge in [-0.25, -0.2) is 26.6 Å². The number of fused-ring (bicyclic) bond motifs is 1. The molecule has 1 fully saturated rings. The zero-order valence-electron chi connectivity index (χ0n) is 21.1. The smallest absolute Gasteiger partial charge is 0.272 e. The third-order valence-corrected chi connectivity index (χ3v) is 8.96. The Morgan fingerprint density at radius 2 is 1.78 bits per heavy atom. The summed E-state index contributed by atoms with van der Waals surface area (Å²) in [7, 11) is -3.12. The fourth-order valence-electron chi connectivity index (χ4n) is 4.86. The zero-order valence-corrected chi connectivity index (χ0v) is 21.9. The van der Waals surface area contributed by atoms with Crippen molar-refractivity contribution in [1.82, 2.24) is 4.98 Å². The third kappa shape index (κ3) is 5.23. The van der Waals surface area contributed by atoms with E-state index < -0.39 is 45.3 Å². The average Bonchev–Trinajstić information content (AvgIpc) is 2.99. The number of alkyl halides is 2. The van der Waals surface area contributed by atoms with Crippen LogP contribution in [0.3, 0.4) is 0 Å².